The maximum Gasteiger partial charge on any atom is 0.344 e. The van der Waals surface area contributed by atoms with Crippen LogP contribution in [0.5, 0.6) is 0 Å². The Balaban J connectivity index is 2.52. The maximum atomic E-state index is 13.4. The fourth-order valence-electron chi connectivity index (χ4n) is 2.88. The van der Waals surface area contributed by atoms with Gasteiger partial charge in [-0.1, -0.05) is 46.8 Å². The van der Waals surface area contributed by atoms with E-state index in [1.54, 1.807) is 12.1 Å². The van der Waals surface area contributed by atoms with Gasteiger partial charge in [0.25, 0.3) is 5.91 Å². The van der Waals surface area contributed by atoms with Crippen LogP contribution in [0.1, 0.15) is 58.3 Å². The molecule has 1 aliphatic rings. The van der Waals surface area contributed by atoms with E-state index in [4.69, 9.17) is 23.2 Å². The maximum absolute atomic E-state index is 13.4. The summed E-state index contributed by atoms with van der Waals surface area (Å²) < 4.78 is 0. The van der Waals surface area contributed by atoms with Crippen LogP contribution in [0.4, 0.5) is 0 Å². The van der Waals surface area contributed by atoms with Crippen molar-refractivity contribution in [1.82, 2.24) is 4.90 Å². The molecular formula is C22H25Cl2NO3S. The van der Waals surface area contributed by atoms with Gasteiger partial charge >= 0.3 is 5.97 Å². The number of halogens is 2. The Hall–Kier alpha value is -1.61. The number of benzene rings is 1. The number of thioether (sulfide) groups is 1. The minimum absolute atomic E-state index is 0.145. The van der Waals surface area contributed by atoms with Crippen LogP contribution in [0.2, 0.25) is 10.0 Å². The van der Waals surface area contributed by atoms with E-state index in [-0.39, 0.29) is 32.1 Å². The second-order valence-electron chi connectivity index (χ2n) is 8.85. The summed E-state index contributed by atoms with van der Waals surface area (Å²) >= 11 is 13.4. The number of hydrogen-bond donors (Lipinski definition) is 1. The highest BCUT2D eigenvalue weighted by atomic mass is 35.5. The molecule has 0 aliphatic carbocycles. The van der Waals surface area contributed by atoms with Gasteiger partial charge in [-0.25, -0.2) is 4.79 Å². The largest absolute Gasteiger partial charge is 0.477 e. The van der Waals surface area contributed by atoms with Crippen LogP contribution in [-0.2, 0) is 4.79 Å². The molecule has 7 heteroatoms. The molecule has 0 spiro atoms. The summed E-state index contributed by atoms with van der Waals surface area (Å²) in [4.78, 5) is 27.1. The molecular weight excluding hydrogens is 429 g/mol. The number of aliphatic carboxylic acids is 1. The third-order valence-electron chi connectivity index (χ3n) is 4.01. The highest BCUT2D eigenvalue weighted by Gasteiger charge is 2.39. The second-order valence-corrected chi connectivity index (χ2v) is 10.9. The molecule has 1 aliphatic heterocycles. The summed E-state index contributed by atoms with van der Waals surface area (Å²) in [5.74, 6) is 4.91. The van der Waals surface area contributed by atoms with Gasteiger partial charge in [-0.05, 0) is 59.7 Å². The van der Waals surface area contributed by atoms with Crippen molar-refractivity contribution < 1.29 is 14.7 Å². The van der Waals surface area contributed by atoms with Crippen LogP contribution in [0, 0.1) is 17.3 Å². The van der Waals surface area contributed by atoms with E-state index in [2.05, 4.69) is 11.8 Å². The van der Waals surface area contributed by atoms with E-state index in [9.17, 15) is 14.7 Å². The molecule has 0 bridgehead atoms. The molecule has 1 amide bonds. The molecule has 2 rings (SSSR count). The number of allylic oxidation sites excluding steroid dienone is 1. The van der Waals surface area contributed by atoms with E-state index in [1.807, 2.05) is 41.5 Å². The molecule has 4 nitrogen and oxygen atoms in total. The van der Waals surface area contributed by atoms with Gasteiger partial charge in [0.15, 0.2) is 0 Å². The molecule has 0 saturated heterocycles. The summed E-state index contributed by atoms with van der Waals surface area (Å²) in [7, 11) is 0. The summed E-state index contributed by atoms with van der Waals surface area (Å²) in [6.07, 6.45) is 0.365. The van der Waals surface area contributed by atoms with Gasteiger partial charge in [0.05, 0.1) is 15.8 Å². The molecule has 1 aromatic carbocycles. The van der Waals surface area contributed by atoms with Crippen LogP contribution in [0.3, 0.4) is 0 Å². The van der Waals surface area contributed by atoms with Crippen molar-refractivity contribution in [2.24, 2.45) is 5.41 Å². The minimum atomic E-state index is -1.06. The van der Waals surface area contributed by atoms with Gasteiger partial charge in [-0.2, -0.15) is 0 Å². The number of carboxylic acids is 1. The van der Waals surface area contributed by atoms with Crippen molar-refractivity contribution in [3.8, 4) is 11.8 Å². The van der Waals surface area contributed by atoms with E-state index in [0.29, 0.717) is 17.1 Å². The number of carbonyl (C=O) groups excluding carboxylic acids is 1. The van der Waals surface area contributed by atoms with E-state index in [1.165, 1.54) is 22.7 Å². The first-order chi connectivity index (χ1) is 13.2. The molecule has 1 aromatic rings. The Morgan fingerprint density at radius 2 is 1.79 bits per heavy atom. The average Bonchev–Trinajstić information content (AvgIpc) is 2.95. The number of carbonyl (C=O) groups is 2. The molecule has 0 fully saturated rings. The molecule has 1 N–H and O–H groups in total. The lowest BCUT2D eigenvalue weighted by molar-refractivity contribution is -0.131. The second kappa shape index (κ2) is 8.63. The number of hydrogen-bond acceptors (Lipinski definition) is 3. The fourth-order valence-corrected chi connectivity index (χ4v) is 4.42. The van der Waals surface area contributed by atoms with E-state index >= 15 is 0 Å². The smallest absolute Gasteiger partial charge is 0.344 e. The van der Waals surface area contributed by atoms with Crippen molar-refractivity contribution in [2.45, 2.75) is 58.8 Å². The molecule has 0 aromatic heterocycles. The molecule has 156 valence electrons. The van der Waals surface area contributed by atoms with Gasteiger partial charge in [0, 0.05) is 28.1 Å². The third-order valence-corrected chi connectivity index (χ3v) is 5.77. The van der Waals surface area contributed by atoms with Crippen molar-refractivity contribution >= 4 is 46.8 Å². The molecule has 0 radical (unpaired) electrons. The molecule has 1 atom stereocenters. The Kier molecular flexibility index (Phi) is 7.05. The van der Waals surface area contributed by atoms with Gasteiger partial charge in [0.2, 0.25) is 0 Å². The van der Waals surface area contributed by atoms with Crippen LogP contribution < -0.4 is 0 Å². The first-order valence-corrected chi connectivity index (χ1v) is 10.8. The lowest BCUT2D eigenvalue weighted by Gasteiger charge is -2.37. The molecule has 1 heterocycles. The number of carboxylic acid groups (broad SMARTS) is 1. The molecule has 1 unspecified atom stereocenters. The predicted molar refractivity (Wildman–Crippen MR) is 120 cm³/mol. The van der Waals surface area contributed by atoms with E-state index in [0.717, 1.165) is 0 Å². The zero-order valence-corrected chi connectivity index (χ0v) is 19.7. The SMILES string of the molecule is CC(C)(C)C#CC1CC(N(C(=O)c2ccc(Cl)cc2Cl)C(C)(C)C)=C(C(=O)O)S1. The zero-order chi connectivity index (χ0) is 22.1. The highest BCUT2D eigenvalue weighted by molar-refractivity contribution is 8.05. The number of nitrogens with zero attached hydrogens (tertiary/aromatic N) is 1. The van der Waals surface area contributed by atoms with Gasteiger partial charge < -0.3 is 10.0 Å². The summed E-state index contributed by atoms with van der Waals surface area (Å²) in [6, 6.07) is 4.66. The van der Waals surface area contributed by atoms with Crippen molar-refractivity contribution in [3.05, 3.63) is 44.4 Å². The van der Waals surface area contributed by atoms with Crippen molar-refractivity contribution in [3.63, 3.8) is 0 Å². The minimum Gasteiger partial charge on any atom is -0.477 e. The topological polar surface area (TPSA) is 57.6 Å². The molecule has 0 saturated carbocycles. The van der Waals surface area contributed by atoms with Crippen molar-refractivity contribution in [2.75, 3.05) is 0 Å². The van der Waals surface area contributed by atoms with Crippen molar-refractivity contribution in [1.29, 1.82) is 0 Å². The summed E-state index contributed by atoms with van der Waals surface area (Å²) in [6.45, 7) is 11.6. The lowest BCUT2D eigenvalue weighted by Crippen LogP contribution is -2.45. The first kappa shape index (κ1) is 23.7. The number of amides is 1. The van der Waals surface area contributed by atoms with Crippen LogP contribution in [0.15, 0.2) is 28.8 Å². The average molecular weight is 454 g/mol. The van der Waals surface area contributed by atoms with Gasteiger partial charge in [0.1, 0.15) is 4.91 Å². The number of rotatable bonds is 3. The normalized spacial score (nSPS) is 17.0. The fraction of sp³-hybridized carbons (Fsp3) is 0.455. The quantitative estimate of drug-likeness (QED) is 0.562. The third kappa shape index (κ3) is 5.94. The first-order valence-electron chi connectivity index (χ1n) is 9.16. The Morgan fingerprint density at radius 1 is 1.17 bits per heavy atom. The monoisotopic (exact) mass is 453 g/mol. The Labute approximate surface area is 186 Å². The van der Waals surface area contributed by atoms with Crippen LogP contribution in [0.25, 0.3) is 0 Å². The van der Waals surface area contributed by atoms with Gasteiger partial charge in [-0.15, -0.1) is 0 Å². The van der Waals surface area contributed by atoms with Gasteiger partial charge in [-0.3, -0.25) is 4.79 Å². The standard InChI is InChI=1S/C22H25Cl2NO3S/c1-21(2,3)10-9-14-12-17(18(29-14)20(27)28)25(22(4,5)6)19(26)15-8-7-13(23)11-16(15)24/h7-8,11,14H,12H2,1-6H3,(H,27,28). The van der Waals surface area contributed by atoms with Crippen LogP contribution >= 0.6 is 35.0 Å². The van der Waals surface area contributed by atoms with E-state index < -0.39 is 11.5 Å². The Morgan fingerprint density at radius 3 is 2.28 bits per heavy atom. The molecule has 29 heavy (non-hydrogen) atoms. The zero-order valence-electron chi connectivity index (χ0n) is 17.4. The lowest BCUT2D eigenvalue weighted by atomic mass is 9.97. The summed E-state index contributed by atoms with van der Waals surface area (Å²) in [5.41, 5.74) is -0.122. The predicted octanol–water partition coefficient (Wildman–Crippen LogP) is 6.09. The Bertz CT molecular complexity index is 930. The van der Waals surface area contributed by atoms with Crippen LogP contribution in [-0.4, -0.2) is 32.7 Å². The summed E-state index contributed by atoms with van der Waals surface area (Å²) in [5, 5.41) is 10.2. The highest BCUT2D eigenvalue weighted by Crippen LogP contribution is 2.42.